The van der Waals surface area contributed by atoms with Crippen LogP contribution in [0.2, 0.25) is 0 Å². The van der Waals surface area contributed by atoms with Crippen molar-refractivity contribution in [1.29, 1.82) is 0 Å². The fraction of sp³-hybridized carbons (Fsp3) is 0.529. The number of ether oxygens (including phenoxy) is 1. The van der Waals surface area contributed by atoms with Gasteiger partial charge >= 0.3 is 0 Å². The lowest BCUT2D eigenvalue weighted by Crippen LogP contribution is -2.40. The van der Waals surface area contributed by atoms with Crippen molar-refractivity contribution in [3.63, 3.8) is 0 Å². The Hall–Kier alpha value is -1.55. The minimum absolute atomic E-state index is 0.0423. The van der Waals surface area contributed by atoms with Gasteiger partial charge in [-0.1, -0.05) is 25.2 Å². The molecule has 1 saturated heterocycles. The van der Waals surface area contributed by atoms with Crippen molar-refractivity contribution in [2.75, 3.05) is 31.6 Å². The van der Waals surface area contributed by atoms with Crippen LogP contribution < -0.4 is 5.32 Å². The topological polar surface area (TPSA) is 88.6 Å². The first-order valence-electron chi connectivity index (χ1n) is 8.75. The number of nitrogens with one attached hydrogen (secondary N) is 1. The molecule has 9 heteroatoms. The maximum atomic E-state index is 12.8. The van der Waals surface area contributed by atoms with Gasteiger partial charge in [0.25, 0.3) is 0 Å². The monoisotopic (exact) mass is 397 g/mol. The molecule has 0 atom stereocenters. The molecule has 142 valence electrons. The number of carbonyl (C=O) groups is 1. The van der Waals surface area contributed by atoms with E-state index in [0.29, 0.717) is 37.0 Å². The highest BCUT2D eigenvalue weighted by Crippen LogP contribution is 2.30. The SMILES string of the molecule is CCC(CC)C(=O)Nc1nc2ccc(S(=O)(=O)N3CCOCC3)cc2s1. The highest BCUT2D eigenvalue weighted by molar-refractivity contribution is 7.89. The third-order valence-corrected chi connectivity index (χ3v) is 7.38. The molecule has 0 aliphatic carbocycles. The van der Waals surface area contributed by atoms with E-state index in [1.54, 1.807) is 18.2 Å². The highest BCUT2D eigenvalue weighted by Gasteiger charge is 2.27. The first kappa shape index (κ1) is 19.2. The number of fused-ring (bicyclic) bond motifs is 1. The fourth-order valence-corrected chi connectivity index (χ4v) is 5.34. The molecule has 2 heterocycles. The van der Waals surface area contributed by atoms with Crippen molar-refractivity contribution < 1.29 is 17.9 Å². The summed E-state index contributed by atoms with van der Waals surface area (Å²) in [6.07, 6.45) is 1.55. The van der Waals surface area contributed by atoms with Crippen LogP contribution in [0.5, 0.6) is 0 Å². The van der Waals surface area contributed by atoms with Gasteiger partial charge < -0.3 is 10.1 Å². The number of rotatable bonds is 6. The molecule has 0 bridgehead atoms. The minimum atomic E-state index is -3.54. The second-order valence-corrected chi connectivity index (χ2v) is 9.14. The average molecular weight is 398 g/mol. The molecule has 1 aliphatic heterocycles. The standard InChI is InChI=1S/C17H23N3O4S2/c1-3-12(4-2)16(21)19-17-18-14-6-5-13(11-15(14)25-17)26(22,23)20-7-9-24-10-8-20/h5-6,11-12H,3-4,7-10H2,1-2H3,(H,18,19,21). The van der Waals surface area contributed by atoms with E-state index in [0.717, 1.165) is 17.5 Å². The van der Waals surface area contributed by atoms with Gasteiger partial charge in [-0.3, -0.25) is 4.79 Å². The molecule has 7 nitrogen and oxygen atoms in total. The van der Waals surface area contributed by atoms with Crippen molar-refractivity contribution in [1.82, 2.24) is 9.29 Å². The Morgan fingerprint density at radius 1 is 1.31 bits per heavy atom. The first-order chi connectivity index (χ1) is 12.5. The number of carbonyl (C=O) groups excluding carboxylic acids is 1. The number of sulfonamides is 1. The van der Waals surface area contributed by atoms with Crippen LogP contribution in [0, 0.1) is 5.92 Å². The Morgan fingerprint density at radius 2 is 2.00 bits per heavy atom. The van der Waals surface area contributed by atoms with E-state index in [2.05, 4.69) is 10.3 Å². The summed E-state index contributed by atoms with van der Waals surface area (Å²) in [6.45, 7) is 5.51. The maximum Gasteiger partial charge on any atom is 0.243 e. The molecule has 3 rings (SSSR count). The fourth-order valence-electron chi connectivity index (χ4n) is 2.92. The largest absolute Gasteiger partial charge is 0.379 e. The molecule has 2 aromatic rings. The Labute approximate surface area is 157 Å². The molecule has 1 aliphatic rings. The van der Waals surface area contributed by atoms with Crippen molar-refractivity contribution in [3.8, 4) is 0 Å². The van der Waals surface area contributed by atoms with Crippen molar-refractivity contribution in [2.45, 2.75) is 31.6 Å². The predicted molar refractivity (Wildman–Crippen MR) is 102 cm³/mol. The van der Waals surface area contributed by atoms with Crippen LogP contribution in [0.3, 0.4) is 0 Å². The quantitative estimate of drug-likeness (QED) is 0.810. The second kappa shape index (κ2) is 7.99. The molecule has 1 N–H and O–H groups in total. The van der Waals surface area contributed by atoms with Gasteiger partial charge in [0.05, 0.1) is 28.3 Å². The summed E-state index contributed by atoms with van der Waals surface area (Å²) >= 11 is 1.29. The Kier molecular flexibility index (Phi) is 5.91. The normalized spacial score (nSPS) is 16.3. The summed E-state index contributed by atoms with van der Waals surface area (Å²) in [5, 5.41) is 3.34. The van der Waals surface area contributed by atoms with Gasteiger partial charge in [0.2, 0.25) is 15.9 Å². The first-order valence-corrected chi connectivity index (χ1v) is 11.0. The van der Waals surface area contributed by atoms with Gasteiger partial charge in [-0.15, -0.1) is 0 Å². The summed E-state index contributed by atoms with van der Waals surface area (Å²) in [7, 11) is -3.54. The van der Waals surface area contributed by atoms with E-state index in [1.165, 1.54) is 15.6 Å². The molecule has 26 heavy (non-hydrogen) atoms. The van der Waals surface area contributed by atoms with E-state index < -0.39 is 10.0 Å². The molecule has 0 spiro atoms. The van der Waals surface area contributed by atoms with Gasteiger partial charge in [0.15, 0.2) is 5.13 Å². The lowest BCUT2D eigenvalue weighted by Gasteiger charge is -2.25. The third kappa shape index (κ3) is 3.90. The summed E-state index contributed by atoms with van der Waals surface area (Å²) in [5.74, 6) is -0.0884. The highest BCUT2D eigenvalue weighted by atomic mass is 32.2. The number of morpholine rings is 1. The molecule has 1 aromatic carbocycles. The van der Waals surface area contributed by atoms with Crippen LogP contribution in [-0.4, -0.2) is 49.9 Å². The Bertz CT molecular complexity index is 885. The van der Waals surface area contributed by atoms with Gasteiger partial charge in [-0.25, -0.2) is 13.4 Å². The predicted octanol–water partition coefficient (Wildman–Crippen LogP) is 2.69. The number of nitrogens with zero attached hydrogens (tertiary/aromatic N) is 2. The van der Waals surface area contributed by atoms with Gasteiger partial charge in [-0.2, -0.15) is 4.31 Å². The van der Waals surface area contributed by atoms with E-state index in [4.69, 9.17) is 4.74 Å². The smallest absolute Gasteiger partial charge is 0.243 e. The number of anilines is 1. The van der Waals surface area contributed by atoms with Crippen molar-refractivity contribution >= 4 is 42.6 Å². The third-order valence-electron chi connectivity index (χ3n) is 4.55. The van der Waals surface area contributed by atoms with Crippen molar-refractivity contribution in [3.05, 3.63) is 18.2 Å². The molecule has 1 fully saturated rings. The van der Waals surface area contributed by atoms with Gasteiger partial charge in [-0.05, 0) is 31.0 Å². The molecule has 0 radical (unpaired) electrons. The zero-order valence-corrected chi connectivity index (χ0v) is 16.5. The van der Waals surface area contributed by atoms with E-state index in [9.17, 15) is 13.2 Å². The van der Waals surface area contributed by atoms with Gasteiger partial charge in [0, 0.05) is 19.0 Å². The zero-order chi connectivity index (χ0) is 18.7. The second-order valence-electron chi connectivity index (χ2n) is 6.17. The molecule has 1 amide bonds. The van der Waals surface area contributed by atoms with Crippen LogP contribution in [0.25, 0.3) is 10.2 Å². The summed E-state index contributed by atoms with van der Waals surface area (Å²) in [6, 6.07) is 4.88. The number of hydrogen-bond acceptors (Lipinski definition) is 6. The molecule has 0 unspecified atom stereocenters. The van der Waals surface area contributed by atoms with E-state index in [-0.39, 0.29) is 16.7 Å². The average Bonchev–Trinajstić information content (AvgIpc) is 3.04. The number of benzene rings is 1. The van der Waals surface area contributed by atoms with E-state index >= 15 is 0 Å². The van der Waals surface area contributed by atoms with Crippen molar-refractivity contribution in [2.24, 2.45) is 5.92 Å². The number of hydrogen-bond donors (Lipinski definition) is 1. The molecule has 1 aromatic heterocycles. The minimum Gasteiger partial charge on any atom is -0.379 e. The van der Waals surface area contributed by atoms with Gasteiger partial charge in [0.1, 0.15) is 0 Å². The van der Waals surface area contributed by atoms with Crippen LogP contribution in [-0.2, 0) is 19.6 Å². The Morgan fingerprint density at radius 3 is 2.65 bits per heavy atom. The summed E-state index contributed by atoms with van der Waals surface area (Å²) < 4.78 is 32.9. The molecule has 0 saturated carbocycles. The maximum absolute atomic E-state index is 12.8. The lowest BCUT2D eigenvalue weighted by molar-refractivity contribution is -0.120. The zero-order valence-electron chi connectivity index (χ0n) is 14.9. The van der Waals surface area contributed by atoms with Crippen LogP contribution >= 0.6 is 11.3 Å². The summed E-state index contributed by atoms with van der Waals surface area (Å²) in [5.41, 5.74) is 0.677. The summed E-state index contributed by atoms with van der Waals surface area (Å²) in [4.78, 5) is 16.9. The Balaban J connectivity index is 1.84. The molecular formula is C17H23N3O4S2. The van der Waals surface area contributed by atoms with Crippen LogP contribution in [0.1, 0.15) is 26.7 Å². The number of amides is 1. The number of thiazole rings is 1. The van der Waals surface area contributed by atoms with E-state index in [1.807, 2.05) is 13.8 Å². The van der Waals surface area contributed by atoms with Crippen LogP contribution in [0.15, 0.2) is 23.1 Å². The number of aromatic nitrogens is 1. The molecular weight excluding hydrogens is 374 g/mol. The van der Waals surface area contributed by atoms with Crippen LogP contribution in [0.4, 0.5) is 5.13 Å². The lowest BCUT2D eigenvalue weighted by atomic mass is 10.0.